The van der Waals surface area contributed by atoms with E-state index in [4.69, 9.17) is 16.3 Å². The maximum absolute atomic E-state index is 13.2. The maximum atomic E-state index is 13.2. The third-order valence-corrected chi connectivity index (χ3v) is 6.33. The number of amides is 2. The van der Waals surface area contributed by atoms with Crippen molar-refractivity contribution in [2.45, 2.75) is 24.8 Å². The van der Waals surface area contributed by atoms with Gasteiger partial charge in [0.25, 0.3) is 0 Å². The molecule has 148 valence electrons. The summed E-state index contributed by atoms with van der Waals surface area (Å²) >= 11 is 5.92. The summed E-state index contributed by atoms with van der Waals surface area (Å²) in [6.07, 6.45) is 3.57. The van der Waals surface area contributed by atoms with Crippen molar-refractivity contribution in [1.29, 1.82) is 0 Å². The minimum absolute atomic E-state index is 0.00709. The fraction of sp³-hybridized carbons (Fsp3) is 0.304. The molecule has 2 fully saturated rings. The Balaban J connectivity index is 1.31. The van der Waals surface area contributed by atoms with Crippen LogP contribution in [0.5, 0.6) is 0 Å². The highest BCUT2D eigenvalue weighted by Gasteiger charge is 2.66. The van der Waals surface area contributed by atoms with Crippen molar-refractivity contribution in [2.75, 3.05) is 6.54 Å². The fourth-order valence-corrected chi connectivity index (χ4v) is 4.85. The van der Waals surface area contributed by atoms with Crippen molar-refractivity contribution >= 4 is 23.4 Å². The topological polar surface area (TPSA) is 58.6 Å². The van der Waals surface area contributed by atoms with Crippen LogP contribution in [0.1, 0.15) is 11.1 Å². The summed E-state index contributed by atoms with van der Waals surface area (Å²) in [5.74, 6) is -1.12. The van der Waals surface area contributed by atoms with Gasteiger partial charge in [-0.15, -0.1) is 0 Å². The van der Waals surface area contributed by atoms with Gasteiger partial charge in [-0.2, -0.15) is 0 Å². The number of carbonyl (C=O) groups is 2. The van der Waals surface area contributed by atoms with E-state index in [1.807, 2.05) is 59.5 Å². The first-order valence-corrected chi connectivity index (χ1v) is 10.2. The Labute approximate surface area is 174 Å². The van der Waals surface area contributed by atoms with E-state index in [9.17, 15) is 9.59 Å². The van der Waals surface area contributed by atoms with E-state index in [1.54, 1.807) is 12.1 Å². The normalized spacial score (nSPS) is 29.3. The summed E-state index contributed by atoms with van der Waals surface area (Å²) in [5.41, 5.74) is 1.35. The summed E-state index contributed by atoms with van der Waals surface area (Å²) in [7, 11) is 0. The predicted molar refractivity (Wildman–Crippen MR) is 109 cm³/mol. The molecular weight excluding hydrogens is 388 g/mol. The Bertz CT molecular complexity index is 975. The summed E-state index contributed by atoms with van der Waals surface area (Å²) in [4.78, 5) is 28.0. The quantitative estimate of drug-likeness (QED) is 0.774. The van der Waals surface area contributed by atoms with Gasteiger partial charge in [-0.05, 0) is 23.3 Å². The molecule has 0 aliphatic carbocycles. The van der Waals surface area contributed by atoms with Crippen molar-refractivity contribution in [3.8, 4) is 0 Å². The molecule has 1 N–H and O–H groups in total. The maximum Gasteiger partial charge on any atom is 0.230 e. The van der Waals surface area contributed by atoms with Crippen molar-refractivity contribution in [1.82, 2.24) is 10.2 Å². The van der Waals surface area contributed by atoms with E-state index in [2.05, 4.69) is 5.32 Å². The number of hydrogen-bond acceptors (Lipinski definition) is 3. The lowest BCUT2D eigenvalue weighted by molar-refractivity contribution is -0.137. The molecule has 2 aromatic carbocycles. The van der Waals surface area contributed by atoms with Crippen LogP contribution < -0.4 is 5.32 Å². The number of rotatable bonds is 5. The van der Waals surface area contributed by atoms with Gasteiger partial charge in [0.05, 0.1) is 24.5 Å². The first kappa shape index (κ1) is 18.4. The predicted octanol–water partition coefficient (Wildman–Crippen LogP) is 2.94. The molecule has 2 bridgehead atoms. The molecule has 5 rings (SSSR count). The Hall–Kier alpha value is -2.63. The summed E-state index contributed by atoms with van der Waals surface area (Å²) in [6, 6.07) is 17.2. The van der Waals surface area contributed by atoms with Gasteiger partial charge in [-0.3, -0.25) is 9.59 Å². The van der Waals surface area contributed by atoms with Gasteiger partial charge >= 0.3 is 0 Å². The van der Waals surface area contributed by atoms with E-state index < -0.39 is 17.4 Å². The lowest BCUT2D eigenvalue weighted by atomic mass is 9.77. The van der Waals surface area contributed by atoms with Crippen molar-refractivity contribution in [2.24, 2.45) is 11.8 Å². The van der Waals surface area contributed by atoms with Crippen LogP contribution in [0.2, 0.25) is 5.02 Å². The zero-order valence-electron chi connectivity index (χ0n) is 15.8. The standard InChI is InChI=1S/C23H21ClN2O3/c24-17-8-6-15(7-9-17)12-25-21(27)19-18-10-11-23(29-18)14-26(22(28)20(19)23)13-16-4-2-1-3-5-16/h1-11,18-20H,12-14H2,(H,25,27)/t18-,19+,20-,23-/m0/s1. The minimum atomic E-state index is -0.682. The van der Waals surface area contributed by atoms with Crippen LogP contribution in [0.25, 0.3) is 0 Å². The first-order chi connectivity index (χ1) is 14.1. The van der Waals surface area contributed by atoms with Gasteiger partial charge in [-0.1, -0.05) is 66.2 Å². The minimum Gasteiger partial charge on any atom is -0.360 e. The van der Waals surface area contributed by atoms with Gasteiger partial charge in [0.15, 0.2) is 0 Å². The molecule has 4 atom stereocenters. The van der Waals surface area contributed by atoms with Crippen LogP contribution in [0.3, 0.4) is 0 Å². The second-order valence-corrected chi connectivity index (χ2v) is 8.36. The molecule has 2 saturated heterocycles. The largest absolute Gasteiger partial charge is 0.360 e. The second kappa shape index (κ2) is 7.01. The van der Waals surface area contributed by atoms with Crippen LogP contribution in [0.4, 0.5) is 0 Å². The highest BCUT2D eigenvalue weighted by atomic mass is 35.5. The molecule has 0 aromatic heterocycles. The van der Waals surface area contributed by atoms with Gasteiger partial charge in [-0.25, -0.2) is 0 Å². The molecule has 3 aliphatic rings. The highest BCUT2D eigenvalue weighted by Crippen LogP contribution is 2.52. The van der Waals surface area contributed by atoms with Crippen molar-refractivity contribution in [3.05, 3.63) is 82.9 Å². The molecule has 29 heavy (non-hydrogen) atoms. The highest BCUT2D eigenvalue weighted by molar-refractivity contribution is 6.30. The van der Waals surface area contributed by atoms with Crippen molar-refractivity contribution in [3.63, 3.8) is 0 Å². The molecule has 2 amide bonds. The molecule has 3 heterocycles. The Morgan fingerprint density at radius 1 is 1.14 bits per heavy atom. The molecule has 5 nitrogen and oxygen atoms in total. The number of nitrogens with zero attached hydrogens (tertiary/aromatic N) is 1. The number of halogens is 1. The number of fused-ring (bicyclic) bond motifs is 1. The molecule has 0 saturated carbocycles. The molecular formula is C23H21ClN2O3. The van der Waals surface area contributed by atoms with Gasteiger partial charge in [0.1, 0.15) is 5.60 Å². The third kappa shape index (κ3) is 3.15. The zero-order chi connectivity index (χ0) is 20.0. The van der Waals surface area contributed by atoms with E-state index in [0.717, 1.165) is 11.1 Å². The Morgan fingerprint density at radius 2 is 1.90 bits per heavy atom. The average molecular weight is 409 g/mol. The molecule has 0 radical (unpaired) electrons. The van der Waals surface area contributed by atoms with E-state index in [1.165, 1.54) is 0 Å². The molecule has 0 unspecified atom stereocenters. The Morgan fingerprint density at radius 3 is 2.66 bits per heavy atom. The fourth-order valence-electron chi connectivity index (χ4n) is 4.72. The number of hydrogen-bond donors (Lipinski definition) is 1. The monoisotopic (exact) mass is 408 g/mol. The lowest BCUT2D eigenvalue weighted by Gasteiger charge is -2.23. The van der Waals surface area contributed by atoms with Crippen molar-refractivity contribution < 1.29 is 14.3 Å². The number of benzene rings is 2. The lowest BCUT2D eigenvalue weighted by Crippen LogP contribution is -2.43. The van der Waals surface area contributed by atoms with Gasteiger partial charge < -0.3 is 15.0 Å². The Kier molecular flexibility index (Phi) is 4.45. The SMILES string of the molecule is O=C(NCc1ccc(Cl)cc1)[C@@H]1[C@@H]2C=C[C@@]3(CN(Cc4ccccc4)C(=O)[C@H]13)O2. The van der Waals surface area contributed by atoms with Crippen LogP contribution in [-0.2, 0) is 27.4 Å². The molecule has 1 spiro atoms. The molecule has 3 aliphatic heterocycles. The van der Waals surface area contributed by atoms with Crippen LogP contribution >= 0.6 is 11.6 Å². The molecule has 6 heteroatoms. The molecule has 2 aromatic rings. The van der Waals surface area contributed by atoms with E-state index in [-0.39, 0.29) is 17.9 Å². The number of carbonyl (C=O) groups excluding carboxylic acids is 2. The smallest absolute Gasteiger partial charge is 0.230 e. The van der Waals surface area contributed by atoms with E-state index >= 15 is 0 Å². The summed E-state index contributed by atoms with van der Waals surface area (Å²) < 4.78 is 6.17. The second-order valence-electron chi connectivity index (χ2n) is 7.92. The number of likely N-dealkylation sites (tertiary alicyclic amines) is 1. The van der Waals surface area contributed by atoms with Gasteiger partial charge in [0, 0.05) is 18.1 Å². The van der Waals surface area contributed by atoms with Gasteiger partial charge in [0.2, 0.25) is 11.8 Å². The summed E-state index contributed by atoms with van der Waals surface area (Å²) in [6.45, 7) is 1.41. The number of nitrogens with one attached hydrogen (secondary N) is 1. The van der Waals surface area contributed by atoms with Crippen LogP contribution in [-0.4, -0.2) is 35.0 Å². The zero-order valence-corrected chi connectivity index (χ0v) is 16.5. The third-order valence-electron chi connectivity index (χ3n) is 6.08. The average Bonchev–Trinajstić information content (AvgIpc) is 3.36. The summed E-state index contributed by atoms with van der Waals surface area (Å²) in [5, 5.41) is 3.63. The van der Waals surface area contributed by atoms with Crippen LogP contribution in [0, 0.1) is 11.8 Å². The first-order valence-electron chi connectivity index (χ1n) is 9.78. The number of ether oxygens (including phenoxy) is 1. The van der Waals surface area contributed by atoms with Crippen LogP contribution in [0.15, 0.2) is 66.7 Å². The van der Waals surface area contributed by atoms with E-state index in [0.29, 0.717) is 24.7 Å².